The van der Waals surface area contributed by atoms with Crippen molar-refractivity contribution in [3.05, 3.63) is 90.6 Å². The SMILES string of the molecule is O=C(Cn1cc(S(=O)(=O)c2ccccc2)c2ccccc21)N1CCN(c2cccc(C(F)(F)F)c2)CC1. The van der Waals surface area contributed by atoms with Crippen molar-refractivity contribution in [1.82, 2.24) is 9.47 Å². The zero-order valence-corrected chi connectivity index (χ0v) is 20.5. The van der Waals surface area contributed by atoms with E-state index in [2.05, 4.69) is 0 Å². The summed E-state index contributed by atoms with van der Waals surface area (Å²) < 4.78 is 67.5. The summed E-state index contributed by atoms with van der Waals surface area (Å²) in [6.45, 7) is 1.45. The number of carbonyl (C=O) groups is 1. The number of hydrogen-bond acceptors (Lipinski definition) is 4. The lowest BCUT2D eigenvalue weighted by molar-refractivity contribution is -0.137. The molecule has 4 aromatic rings. The molecule has 5 rings (SSSR count). The number of halogens is 3. The summed E-state index contributed by atoms with van der Waals surface area (Å²) in [4.78, 5) is 17.0. The zero-order valence-electron chi connectivity index (χ0n) is 19.7. The second-order valence-corrected chi connectivity index (χ2v) is 10.8. The normalized spacial score (nSPS) is 14.8. The average molecular weight is 528 g/mol. The Morgan fingerprint density at radius 2 is 1.51 bits per heavy atom. The van der Waals surface area contributed by atoms with Gasteiger partial charge in [0, 0.05) is 49.0 Å². The van der Waals surface area contributed by atoms with E-state index in [1.807, 2.05) is 4.90 Å². The van der Waals surface area contributed by atoms with Gasteiger partial charge in [0.1, 0.15) is 6.54 Å². The molecule has 1 saturated heterocycles. The second-order valence-electron chi connectivity index (χ2n) is 8.87. The average Bonchev–Trinajstić information content (AvgIpc) is 3.28. The lowest BCUT2D eigenvalue weighted by atomic mass is 10.1. The molecule has 192 valence electrons. The monoisotopic (exact) mass is 527 g/mol. The van der Waals surface area contributed by atoms with E-state index in [4.69, 9.17) is 0 Å². The lowest BCUT2D eigenvalue weighted by Crippen LogP contribution is -2.49. The van der Waals surface area contributed by atoms with E-state index in [-0.39, 0.29) is 22.2 Å². The maximum Gasteiger partial charge on any atom is 0.416 e. The van der Waals surface area contributed by atoms with Gasteiger partial charge in [-0.25, -0.2) is 8.42 Å². The van der Waals surface area contributed by atoms with Crippen molar-refractivity contribution >= 4 is 32.3 Å². The third-order valence-electron chi connectivity index (χ3n) is 6.57. The highest BCUT2D eigenvalue weighted by Gasteiger charge is 2.31. The van der Waals surface area contributed by atoms with Gasteiger partial charge in [0.25, 0.3) is 0 Å². The summed E-state index contributed by atoms with van der Waals surface area (Å²) in [7, 11) is -3.79. The van der Waals surface area contributed by atoms with Crippen LogP contribution in [0, 0.1) is 0 Å². The van der Waals surface area contributed by atoms with Gasteiger partial charge in [0.2, 0.25) is 15.7 Å². The molecule has 6 nitrogen and oxygen atoms in total. The van der Waals surface area contributed by atoms with Crippen LogP contribution >= 0.6 is 0 Å². The highest BCUT2D eigenvalue weighted by atomic mass is 32.2. The van der Waals surface area contributed by atoms with E-state index >= 15 is 0 Å². The number of carbonyl (C=O) groups excluding carboxylic acids is 1. The van der Waals surface area contributed by atoms with Gasteiger partial charge < -0.3 is 14.4 Å². The Bertz CT molecular complexity index is 1540. The minimum atomic E-state index is -4.42. The van der Waals surface area contributed by atoms with Crippen molar-refractivity contribution in [2.24, 2.45) is 0 Å². The smallest absolute Gasteiger partial charge is 0.368 e. The van der Waals surface area contributed by atoms with Gasteiger partial charge in [-0.1, -0.05) is 42.5 Å². The molecule has 3 aromatic carbocycles. The number of benzene rings is 3. The molecular formula is C27H24F3N3O3S. The zero-order chi connectivity index (χ0) is 26.2. The van der Waals surface area contributed by atoms with E-state index in [9.17, 15) is 26.4 Å². The molecule has 0 aliphatic carbocycles. The molecular weight excluding hydrogens is 503 g/mol. The Labute approximate surface area is 212 Å². The number of sulfone groups is 1. The maximum atomic E-state index is 13.3. The number of piperazine rings is 1. The van der Waals surface area contributed by atoms with Crippen LogP contribution in [0.5, 0.6) is 0 Å². The summed E-state index contributed by atoms with van der Waals surface area (Å²) in [5.74, 6) is -0.187. The quantitative estimate of drug-likeness (QED) is 0.373. The standard InChI is InChI=1S/C27H24F3N3O3S/c28-27(29,30)20-7-6-8-21(17-20)31-13-15-32(16-14-31)26(34)19-33-18-25(23-11-4-5-12-24(23)33)37(35,36)22-9-2-1-3-10-22/h1-12,17-18H,13-16,19H2. The Balaban J connectivity index is 1.33. The number of nitrogens with zero attached hydrogens (tertiary/aromatic N) is 3. The molecule has 1 aromatic heterocycles. The van der Waals surface area contributed by atoms with Crippen molar-refractivity contribution in [1.29, 1.82) is 0 Å². The van der Waals surface area contributed by atoms with Crippen molar-refractivity contribution in [3.63, 3.8) is 0 Å². The van der Waals surface area contributed by atoms with E-state index in [0.29, 0.717) is 42.8 Å². The molecule has 1 aliphatic heterocycles. The van der Waals surface area contributed by atoms with Crippen LogP contribution in [0.3, 0.4) is 0 Å². The van der Waals surface area contributed by atoms with Crippen LogP contribution in [0.2, 0.25) is 0 Å². The largest absolute Gasteiger partial charge is 0.416 e. The van der Waals surface area contributed by atoms with Crippen molar-refractivity contribution in [3.8, 4) is 0 Å². The number of amides is 1. The van der Waals surface area contributed by atoms with Crippen molar-refractivity contribution in [2.45, 2.75) is 22.5 Å². The molecule has 0 unspecified atom stereocenters. The number of anilines is 1. The molecule has 1 amide bonds. The van der Waals surface area contributed by atoms with Gasteiger partial charge in [-0.15, -0.1) is 0 Å². The van der Waals surface area contributed by atoms with E-state index < -0.39 is 21.6 Å². The predicted molar refractivity (Wildman–Crippen MR) is 134 cm³/mol. The molecule has 0 N–H and O–H groups in total. The Hall–Kier alpha value is -3.79. The molecule has 0 saturated carbocycles. The first kappa shape index (κ1) is 24.9. The molecule has 0 spiro atoms. The lowest BCUT2D eigenvalue weighted by Gasteiger charge is -2.36. The summed E-state index contributed by atoms with van der Waals surface area (Å²) in [6.07, 6.45) is -2.91. The third-order valence-corrected chi connectivity index (χ3v) is 8.37. The predicted octanol–water partition coefficient (Wildman–Crippen LogP) is 4.84. The number of hydrogen-bond donors (Lipinski definition) is 0. The van der Waals surface area contributed by atoms with Crippen LogP contribution in [-0.2, 0) is 27.4 Å². The van der Waals surface area contributed by atoms with Crippen LogP contribution < -0.4 is 4.90 Å². The van der Waals surface area contributed by atoms with Gasteiger partial charge in [-0.2, -0.15) is 13.2 Å². The van der Waals surface area contributed by atoms with Crippen LogP contribution in [0.1, 0.15) is 5.56 Å². The third kappa shape index (κ3) is 4.93. The fraction of sp³-hybridized carbons (Fsp3) is 0.222. The molecule has 0 bridgehead atoms. The topological polar surface area (TPSA) is 62.6 Å². The number of para-hydroxylation sites is 1. The molecule has 1 aliphatic rings. The minimum absolute atomic E-state index is 0.0472. The summed E-state index contributed by atoms with van der Waals surface area (Å²) in [6, 6.07) is 20.4. The van der Waals surface area contributed by atoms with Crippen LogP contribution in [-0.4, -0.2) is 50.0 Å². The first-order valence-corrected chi connectivity index (χ1v) is 13.2. The van der Waals surface area contributed by atoms with Crippen LogP contribution in [0.4, 0.5) is 18.9 Å². The van der Waals surface area contributed by atoms with E-state index in [1.165, 1.54) is 24.4 Å². The maximum absolute atomic E-state index is 13.3. The van der Waals surface area contributed by atoms with Gasteiger partial charge in [-0.05, 0) is 36.4 Å². The number of fused-ring (bicyclic) bond motifs is 1. The molecule has 2 heterocycles. The van der Waals surface area contributed by atoms with E-state index in [1.54, 1.807) is 58.0 Å². The Kier molecular flexibility index (Phi) is 6.45. The highest BCUT2D eigenvalue weighted by Crippen LogP contribution is 2.32. The van der Waals surface area contributed by atoms with Crippen LogP contribution in [0.25, 0.3) is 10.9 Å². The van der Waals surface area contributed by atoms with Gasteiger partial charge >= 0.3 is 6.18 Å². The second kappa shape index (κ2) is 9.59. The number of aromatic nitrogens is 1. The van der Waals surface area contributed by atoms with Crippen LogP contribution in [0.15, 0.2) is 94.9 Å². The molecule has 0 radical (unpaired) electrons. The van der Waals surface area contributed by atoms with E-state index in [0.717, 1.165) is 12.1 Å². The van der Waals surface area contributed by atoms with Gasteiger partial charge in [0.15, 0.2) is 0 Å². The summed E-state index contributed by atoms with van der Waals surface area (Å²) >= 11 is 0. The van der Waals surface area contributed by atoms with Crippen molar-refractivity contribution in [2.75, 3.05) is 31.1 Å². The van der Waals surface area contributed by atoms with Crippen molar-refractivity contribution < 1.29 is 26.4 Å². The van der Waals surface area contributed by atoms with Gasteiger partial charge in [-0.3, -0.25) is 4.79 Å². The highest BCUT2D eigenvalue weighted by molar-refractivity contribution is 7.91. The minimum Gasteiger partial charge on any atom is -0.368 e. The fourth-order valence-electron chi connectivity index (χ4n) is 4.62. The number of rotatable bonds is 5. The Morgan fingerprint density at radius 1 is 0.838 bits per heavy atom. The molecule has 0 atom stereocenters. The first-order valence-electron chi connectivity index (χ1n) is 11.7. The van der Waals surface area contributed by atoms with Gasteiger partial charge in [0.05, 0.1) is 15.4 Å². The number of alkyl halides is 3. The molecule has 1 fully saturated rings. The molecule has 10 heteroatoms. The Morgan fingerprint density at radius 3 is 2.22 bits per heavy atom. The summed E-state index contributed by atoms with van der Waals surface area (Å²) in [5.41, 5.74) is 0.395. The molecule has 37 heavy (non-hydrogen) atoms. The summed E-state index contributed by atoms with van der Waals surface area (Å²) in [5, 5.41) is 0.536. The first-order chi connectivity index (χ1) is 17.6. The fourth-order valence-corrected chi connectivity index (χ4v) is 6.12.